The number of rotatable bonds is 2. The highest BCUT2D eigenvalue weighted by molar-refractivity contribution is 9.10. The summed E-state index contributed by atoms with van der Waals surface area (Å²) in [5.41, 5.74) is -0.0975. The Morgan fingerprint density at radius 2 is 2.15 bits per heavy atom. The van der Waals surface area contributed by atoms with Crippen LogP contribution in [-0.4, -0.2) is 34.5 Å². The number of carboxylic acids is 1. The summed E-state index contributed by atoms with van der Waals surface area (Å²) < 4.78 is 14.4. The first-order chi connectivity index (χ1) is 9.41. The van der Waals surface area contributed by atoms with Gasteiger partial charge in [-0.3, -0.25) is 4.79 Å². The predicted molar refractivity (Wildman–Crippen MR) is 75.0 cm³/mol. The van der Waals surface area contributed by atoms with Gasteiger partial charge in [-0.1, -0.05) is 22.9 Å². The number of likely N-dealkylation sites (tertiary alicyclic amines) is 1. The molecule has 1 aliphatic rings. The number of carboxylic acid groups (broad SMARTS) is 1. The molecule has 0 aromatic heterocycles. The molecule has 1 aromatic rings. The molecule has 2 rings (SSSR count). The van der Waals surface area contributed by atoms with Crippen LogP contribution in [0.5, 0.6) is 0 Å². The average Bonchev–Trinajstić information content (AvgIpc) is 2.40. The largest absolute Gasteiger partial charge is 0.480 e. The van der Waals surface area contributed by atoms with E-state index in [-0.39, 0.29) is 11.5 Å². The lowest BCUT2D eigenvalue weighted by molar-refractivity contribution is -0.145. The van der Waals surface area contributed by atoms with Crippen LogP contribution in [0.1, 0.15) is 30.1 Å². The van der Waals surface area contributed by atoms with Gasteiger partial charge in [-0.05, 0) is 37.0 Å². The normalized spacial score (nSPS) is 22.6. The van der Waals surface area contributed by atoms with Gasteiger partial charge in [0.15, 0.2) is 0 Å². The van der Waals surface area contributed by atoms with Crippen LogP contribution in [0.2, 0.25) is 0 Å². The van der Waals surface area contributed by atoms with E-state index in [4.69, 9.17) is 0 Å². The summed E-state index contributed by atoms with van der Waals surface area (Å²) in [6.07, 6.45) is 1.48. The second kappa shape index (κ2) is 5.91. The summed E-state index contributed by atoms with van der Waals surface area (Å²) in [6, 6.07) is 3.19. The Bertz CT molecular complexity index is 549. The predicted octanol–water partition coefficient (Wildman–Crippen LogP) is 2.91. The van der Waals surface area contributed by atoms with Gasteiger partial charge in [-0.2, -0.15) is 0 Å². The Labute approximate surface area is 124 Å². The third-order valence-corrected chi connectivity index (χ3v) is 4.10. The Morgan fingerprint density at radius 3 is 2.80 bits per heavy atom. The van der Waals surface area contributed by atoms with E-state index in [2.05, 4.69) is 15.9 Å². The zero-order chi connectivity index (χ0) is 14.9. The highest BCUT2D eigenvalue weighted by atomic mass is 79.9. The van der Waals surface area contributed by atoms with E-state index in [1.54, 1.807) is 6.92 Å². The van der Waals surface area contributed by atoms with E-state index in [9.17, 15) is 19.1 Å². The molecule has 1 N–H and O–H groups in total. The summed E-state index contributed by atoms with van der Waals surface area (Å²) >= 11 is 3.19. The van der Waals surface area contributed by atoms with Crippen molar-refractivity contribution in [3.05, 3.63) is 34.1 Å². The number of hydrogen-bond acceptors (Lipinski definition) is 2. The Morgan fingerprint density at radius 1 is 1.45 bits per heavy atom. The van der Waals surface area contributed by atoms with E-state index in [0.29, 0.717) is 11.0 Å². The smallest absolute Gasteiger partial charge is 0.326 e. The number of aliphatic carboxylic acids is 1. The van der Waals surface area contributed by atoms with Gasteiger partial charge in [-0.25, -0.2) is 9.18 Å². The van der Waals surface area contributed by atoms with Crippen molar-refractivity contribution in [1.82, 2.24) is 4.90 Å². The van der Waals surface area contributed by atoms with E-state index in [0.717, 1.165) is 12.8 Å². The van der Waals surface area contributed by atoms with Crippen molar-refractivity contribution in [3.8, 4) is 0 Å². The summed E-state index contributed by atoms with van der Waals surface area (Å²) in [5, 5.41) is 9.30. The lowest BCUT2D eigenvalue weighted by atomic mass is 9.90. The molecule has 108 valence electrons. The monoisotopic (exact) mass is 343 g/mol. The standard InChI is InChI=1S/C14H15BrFNO3/c1-8-3-2-6-17(12(8)14(19)20)13(18)10-7-9(15)4-5-11(10)16/h4-5,7-8,12H,2-3,6H2,1H3,(H,19,20). The molecule has 1 heterocycles. The maximum atomic E-state index is 13.8. The molecule has 1 aromatic carbocycles. The first kappa shape index (κ1) is 15.0. The van der Waals surface area contributed by atoms with Gasteiger partial charge in [0.25, 0.3) is 5.91 Å². The molecule has 2 unspecified atom stereocenters. The summed E-state index contributed by atoms with van der Waals surface area (Å²) in [5.74, 6) is -2.38. The molecule has 0 spiro atoms. The highest BCUT2D eigenvalue weighted by Gasteiger charge is 2.38. The van der Waals surface area contributed by atoms with Crippen LogP contribution in [0.3, 0.4) is 0 Å². The molecule has 1 fully saturated rings. The third-order valence-electron chi connectivity index (χ3n) is 3.61. The molecule has 6 heteroatoms. The molecule has 0 radical (unpaired) electrons. The number of piperidine rings is 1. The van der Waals surface area contributed by atoms with Crippen LogP contribution in [0.4, 0.5) is 4.39 Å². The number of carbonyl (C=O) groups is 2. The highest BCUT2D eigenvalue weighted by Crippen LogP contribution is 2.26. The minimum absolute atomic E-state index is 0.0975. The SMILES string of the molecule is CC1CCCN(C(=O)c2cc(Br)ccc2F)C1C(=O)O. The number of amides is 1. The van der Waals surface area contributed by atoms with Crippen LogP contribution in [0.25, 0.3) is 0 Å². The van der Waals surface area contributed by atoms with Gasteiger partial charge in [-0.15, -0.1) is 0 Å². The van der Waals surface area contributed by atoms with Gasteiger partial charge < -0.3 is 10.0 Å². The quantitative estimate of drug-likeness (QED) is 0.898. The number of carbonyl (C=O) groups excluding carboxylic acids is 1. The van der Waals surface area contributed by atoms with Gasteiger partial charge in [0, 0.05) is 11.0 Å². The molecular weight excluding hydrogens is 329 g/mol. The fourth-order valence-corrected chi connectivity index (χ4v) is 2.97. The van der Waals surface area contributed by atoms with Crippen LogP contribution < -0.4 is 0 Å². The molecule has 1 aliphatic heterocycles. The molecular formula is C14H15BrFNO3. The fourth-order valence-electron chi connectivity index (χ4n) is 2.61. The lowest BCUT2D eigenvalue weighted by Gasteiger charge is -2.37. The van der Waals surface area contributed by atoms with Crippen molar-refractivity contribution < 1.29 is 19.1 Å². The zero-order valence-electron chi connectivity index (χ0n) is 11.0. The molecule has 1 amide bonds. The van der Waals surface area contributed by atoms with Gasteiger partial charge in [0.05, 0.1) is 5.56 Å². The van der Waals surface area contributed by atoms with E-state index >= 15 is 0 Å². The topological polar surface area (TPSA) is 57.6 Å². The summed E-state index contributed by atoms with van der Waals surface area (Å²) in [6.45, 7) is 2.14. The average molecular weight is 344 g/mol. The van der Waals surface area contributed by atoms with Crippen molar-refractivity contribution in [1.29, 1.82) is 0 Å². The van der Waals surface area contributed by atoms with Gasteiger partial charge >= 0.3 is 5.97 Å². The third kappa shape index (κ3) is 2.85. The van der Waals surface area contributed by atoms with Crippen molar-refractivity contribution in [2.45, 2.75) is 25.8 Å². The Hall–Kier alpha value is -1.43. The van der Waals surface area contributed by atoms with Gasteiger partial charge in [0.1, 0.15) is 11.9 Å². The fraction of sp³-hybridized carbons (Fsp3) is 0.429. The second-order valence-corrected chi connectivity index (χ2v) is 5.94. The first-order valence-corrected chi connectivity index (χ1v) is 7.20. The molecule has 2 atom stereocenters. The van der Waals surface area contributed by atoms with Crippen molar-refractivity contribution >= 4 is 27.8 Å². The van der Waals surface area contributed by atoms with E-state index in [1.165, 1.54) is 23.1 Å². The molecule has 1 saturated heterocycles. The first-order valence-electron chi connectivity index (χ1n) is 6.40. The molecule has 4 nitrogen and oxygen atoms in total. The Balaban J connectivity index is 2.35. The summed E-state index contributed by atoms with van der Waals surface area (Å²) in [4.78, 5) is 25.1. The lowest BCUT2D eigenvalue weighted by Crippen LogP contribution is -2.52. The van der Waals surface area contributed by atoms with E-state index < -0.39 is 23.7 Å². The minimum atomic E-state index is -1.04. The van der Waals surface area contributed by atoms with Crippen LogP contribution in [-0.2, 0) is 4.79 Å². The molecule has 20 heavy (non-hydrogen) atoms. The maximum absolute atomic E-state index is 13.8. The number of benzene rings is 1. The van der Waals surface area contributed by atoms with Gasteiger partial charge in [0.2, 0.25) is 0 Å². The number of hydrogen-bond donors (Lipinski definition) is 1. The van der Waals surface area contributed by atoms with Crippen molar-refractivity contribution in [3.63, 3.8) is 0 Å². The molecule has 0 saturated carbocycles. The maximum Gasteiger partial charge on any atom is 0.326 e. The summed E-state index contributed by atoms with van der Waals surface area (Å²) in [7, 11) is 0. The number of halogens is 2. The Kier molecular flexibility index (Phi) is 4.42. The molecule has 0 aliphatic carbocycles. The van der Waals surface area contributed by atoms with Crippen molar-refractivity contribution in [2.75, 3.05) is 6.54 Å². The number of nitrogens with zero attached hydrogens (tertiary/aromatic N) is 1. The van der Waals surface area contributed by atoms with Crippen LogP contribution in [0, 0.1) is 11.7 Å². The van der Waals surface area contributed by atoms with Crippen LogP contribution >= 0.6 is 15.9 Å². The minimum Gasteiger partial charge on any atom is -0.480 e. The zero-order valence-corrected chi connectivity index (χ0v) is 12.6. The van der Waals surface area contributed by atoms with Crippen LogP contribution in [0.15, 0.2) is 22.7 Å². The van der Waals surface area contributed by atoms with Crippen molar-refractivity contribution in [2.24, 2.45) is 5.92 Å². The molecule has 0 bridgehead atoms. The van der Waals surface area contributed by atoms with E-state index in [1.807, 2.05) is 0 Å². The second-order valence-electron chi connectivity index (χ2n) is 5.03.